The summed E-state index contributed by atoms with van der Waals surface area (Å²) in [4.78, 5) is 0. The highest BCUT2D eigenvalue weighted by atomic mass is 14.2. The second-order valence-corrected chi connectivity index (χ2v) is 9.38. The van der Waals surface area contributed by atoms with Gasteiger partial charge in [-0.05, 0) is 77.8 Å². The van der Waals surface area contributed by atoms with Gasteiger partial charge < -0.3 is 0 Å². The zero-order valence-corrected chi connectivity index (χ0v) is 19.9. The van der Waals surface area contributed by atoms with Crippen LogP contribution in [0.1, 0.15) is 0 Å². The lowest BCUT2D eigenvalue weighted by Gasteiger charge is -2.16. The normalized spacial score (nSPS) is 11.3. The number of benzene rings is 7. The van der Waals surface area contributed by atoms with Crippen LogP contribution < -0.4 is 0 Å². The van der Waals surface area contributed by atoms with Crippen LogP contribution in [0.4, 0.5) is 0 Å². The minimum Gasteiger partial charge on any atom is -0.0622 e. The second kappa shape index (κ2) is 8.52. The lowest BCUT2D eigenvalue weighted by molar-refractivity contribution is 1.63. The van der Waals surface area contributed by atoms with Crippen molar-refractivity contribution in [3.05, 3.63) is 146 Å². The molecule has 0 heteroatoms. The molecule has 0 aliphatic rings. The molecule has 0 bridgehead atoms. The maximum Gasteiger partial charge on any atom is -0.00206 e. The Morgan fingerprint density at radius 3 is 1.67 bits per heavy atom. The number of rotatable bonds is 3. The Morgan fingerprint density at radius 2 is 0.861 bits per heavy atom. The largest absolute Gasteiger partial charge is 0.0622 e. The molecule has 168 valence electrons. The van der Waals surface area contributed by atoms with Crippen LogP contribution in [0, 0.1) is 0 Å². The molecule has 0 aliphatic carbocycles. The van der Waals surface area contributed by atoms with E-state index in [9.17, 15) is 0 Å². The molecule has 0 radical (unpaired) electrons. The van der Waals surface area contributed by atoms with Gasteiger partial charge in [-0.25, -0.2) is 0 Å². The van der Waals surface area contributed by atoms with Crippen LogP contribution in [0.2, 0.25) is 0 Å². The van der Waals surface area contributed by atoms with Crippen LogP contribution in [0.25, 0.3) is 65.7 Å². The zero-order chi connectivity index (χ0) is 23.9. The highest BCUT2D eigenvalue weighted by Gasteiger charge is 2.13. The summed E-state index contributed by atoms with van der Waals surface area (Å²) in [5, 5.41) is 7.68. The molecule has 0 amide bonds. The molecule has 0 fully saturated rings. The predicted octanol–water partition coefficient (Wildman–Crippen LogP) is 10.1. The molecule has 0 aliphatic heterocycles. The van der Waals surface area contributed by atoms with E-state index in [0.29, 0.717) is 0 Å². The van der Waals surface area contributed by atoms with Crippen LogP contribution in [-0.2, 0) is 0 Å². The number of fused-ring (bicyclic) bond motifs is 4. The topological polar surface area (TPSA) is 0 Å². The van der Waals surface area contributed by atoms with Gasteiger partial charge in [0.25, 0.3) is 0 Å². The quantitative estimate of drug-likeness (QED) is 0.232. The van der Waals surface area contributed by atoms with E-state index < -0.39 is 0 Å². The first-order chi connectivity index (χ1) is 17.8. The van der Waals surface area contributed by atoms with Gasteiger partial charge in [-0.1, -0.05) is 133 Å². The maximum absolute atomic E-state index is 2.32. The molecule has 7 rings (SSSR count). The fourth-order valence-electron chi connectivity index (χ4n) is 5.46. The predicted molar refractivity (Wildman–Crippen MR) is 155 cm³/mol. The number of hydrogen-bond acceptors (Lipinski definition) is 0. The standard InChI is InChI=1S/C36H24/c1-3-9-25(10-4-1)29-17-19-34-31(24-29)18-20-35-32(30-16-15-26-11-7-8-14-28(26)23-30)21-22-33(36(34)35)27-12-5-2-6-13-27/h1-24H. The van der Waals surface area contributed by atoms with Crippen molar-refractivity contribution in [2.75, 3.05) is 0 Å². The van der Waals surface area contributed by atoms with Crippen LogP contribution in [0.5, 0.6) is 0 Å². The van der Waals surface area contributed by atoms with Crippen molar-refractivity contribution >= 4 is 32.3 Å². The first kappa shape index (κ1) is 20.7. The van der Waals surface area contributed by atoms with Crippen molar-refractivity contribution in [3.8, 4) is 33.4 Å². The van der Waals surface area contributed by atoms with Crippen LogP contribution >= 0.6 is 0 Å². The maximum atomic E-state index is 2.32. The van der Waals surface area contributed by atoms with E-state index in [1.54, 1.807) is 0 Å². The van der Waals surface area contributed by atoms with E-state index in [2.05, 4.69) is 146 Å². The van der Waals surface area contributed by atoms with E-state index >= 15 is 0 Å². The summed E-state index contributed by atoms with van der Waals surface area (Å²) in [7, 11) is 0. The Labute approximate surface area is 211 Å². The molecule has 0 nitrogen and oxygen atoms in total. The smallest absolute Gasteiger partial charge is 0.00206 e. The molecule has 0 saturated carbocycles. The molecule has 0 heterocycles. The molecule has 7 aromatic carbocycles. The molecule has 0 aromatic heterocycles. The van der Waals surface area contributed by atoms with Gasteiger partial charge in [0.05, 0.1) is 0 Å². The van der Waals surface area contributed by atoms with Crippen LogP contribution in [-0.4, -0.2) is 0 Å². The van der Waals surface area contributed by atoms with Crippen molar-refractivity contribution in [3.63, 3.8) is 0 Å². The lowest BCUT2D eigenvalue weighted by atomic mass is 9.88. The van der Waals surface area contributed by atoms with E-state index in [0.717, 1.165) is 0 Å². The molecular weight excluding hydrogens is 432 g/mol. The fraction of sp³-hybridized carbons (Fsp3) is 0. The molecule has 36 heavy (non-hydrogen) atoms. The minimum absolute atomic E-state index is 1.24. The van der Waals surface area contributed by atoms with Gasteiger partial charge in [0, 0.05) is 0 Å². The van der Waals surface area contributed by atoms with Crippen molar-refractivity contribution in [1.29, 1.82) is 0 Å². The first-order valence-electron chi connectivity index (χ1n) is 12.4. The van der Waals surface area contributed by atoms with E-state index in [1.165, 1.54) is 65.7 Å². The molecule has 0 N–H and O–H groups in total. The van der Waals surface area contributed by atoms with Gasteiger partial charge in [0.15, 0.2) is 0 Å². The Bertz CT molecular complexity index is 1860. The van der Waals surface area contributed by atoms with E-state index in [1.807, 2.05) is 0 Å². The summed E-state index contributed by atoms with van der Waals surface area (Å²) in [5.41, 5.74) is 7.52. The fourth-order valence-corrected chi connectivity index (χ4v) is 5.46. The van der Waals surface area contributed by atoms with Gasteiger partial charge in [0.1, 0.15) is 0 Å². The highest BCUT2D eigenvalue weighted by Crippen LogP contribution is 2.41. The van der Waals surface area contributed by atoms with E-state index in [4.69, 9.17) is 0 Å². The van der Waals surface area contributed by atoms with Gasteiger partial charge in [0.2, 0.25) is 0 Å². The second-order valence-electron chi connectivity index (χ2n) is 9.38. The molecular formula is C36H24. The summed E-state index contributed by atoms with van der Waals surface area (Å²) < 4.78 is 0. The van der Waals surface area contributed by atoms with E-state index in [-0.39, 0.29) is 0 Å². The summed E-state index contributed by atoms with van der Waals surface area (Å²) in [5.74, 6) is 0. The SMILES string of the molecule is c1ccc(-c2ccc3c(ccc4c(-c5ccc6ccccc6c5)ccc(-c5ccccc5)c43)c2)cc1. The van der Waals surface area contributed by atoms with Crippen LogP contribution in [0.3, 0.4) is 0 Å². The number of hydrogen-bond donors (Lipinski definition) is 0. The van der Waals surface area contributed by atoms with Crippen molar-refractivity contribution in [1.82, 2.24) is 0 Å². The molecule has 0 spiro atoms. The molecule has 0 saturated heterocycles. The Balaban J connectivity index is 1.52. The third-order valence-corrected chi connectivity index (χ3v) is 7.25. The summed E-state index contributed by atoms with van der Waals surface area (Å²) in [6.07, 6.45) is 0. The Morgan fingerprint density at radius 1 is 0.278 bits per heavy atom. The van der Waals surface area contributed by atoms with Crippen molar-refractivity contribution < 1.29 is 0 Å². The van der Waals surface area contributed by atoms with Crippen LogP contribution in [0.15, 0.2) is 146 Å². The van der Waals surface area contributed by atoms with Gasteiger partial charge in [-0.2, -0.15) is 0 Å². The van der Waals surface area contributed by atoms with Gasteiger partial charge in [-0.3, -0.25) is 0 Å². The average molecular weight is 457 g/mol. The zero-order valence-electron chi connectivity index (χ0n) is 19.9. The Kier molecular flexibility index (Phi) is 4.89. The Hall–Kier alpha value is -4.68. The minimum atomic E-state index is 1.24. The summed E-state index contributed by atoms with van der Waals surface area (Å²) in [6, 6.07) is 52.8. The molecule has 0 atom stereocenters. The molecule has 0 unspecified atom stereocenters. The van der Waals surface area contributed by atoms with Crippen molar-refractivity contribution in [2.45, 2.75) is 0 Å². The average Bonchev–Trinajstić information content (AvgIpc) is 2.97. The third kappa shape index (κ3) is 3.47. The monoisotopic (exact) mass is 456 g/mol. The third-order valence-electron chi connectivity index (χ3n) is 7.25. The van der Waals surface area contributed by atoms with Gasteiger partial charge in [-0.15, -0.1) is 0 Å². The summed E-state index contributed by atoms with van der Waals surface area (Å²) in [6.45, 7) is 0. The van der Waals surface area contributed by atoms with Crippen molar-refractivity contribution in [2.24, 2.45) is 0 Å². The summed E-state index contributed by atoms with van der Waals surface area (Å²) >= 11 is 0. The highest BCUT2D eigenvalue weighted by molar-refractivity contribution is 6.18. The lowest BCUT2D eigenvalue weighted by Crippen LogP contribution is -1.89. The molecule has 7 aromatic rings. The van der Waals surface area contributed by atoms with Gasteiger partial charge >= 0.3 is 0 Å². The first-order valence-corrected chi connectivity index (χ1v) is 12.4.